The molecule has 0 saturated carbocycles. The molecule has 0 aromatic rings. The van der Waals surface area contributed by atoms with Crippen LogP contribution < -0.4 is 0 Å². The molecule has 0 aromatic heterocycles. The van der Waals surface area contributed by atoms with Crippen molar-refractivity contribution in [3.05, 3.63) is 0 Å². The third-order valence-corrected chi connectivity index (χ3v) is 7.30. The van der Waals surface area contributed by atoms with Crippen LogP contribution in [0.25, 0.3) is 0 Å². The van der Waals surface area contributed by atoms with Gasteiger partial charge in [0.1, 0.15) is 0 Å². The maximum absolute atomic E-state index is 11.8. The molecule has 0 aromatic carbocycles. The topological polar surface area (TPSA) is 52.6 Å². The average Bonchev–Trinajstić information content (AvgIpc) is 2.85. The first kappa shape index (κ1) is 35.9. The van der Waals surface area contributed by atoms with E-state index in [0.717, 1.165) is 44.9 Å². The van der Waals surface area contributed by atoms with Crippen molar-refractivity contribution in [1.82, 2.24) is 0 Å². The van der Waals surface area contributed by atoms with Crippen molar-refractivity contribution in [2.24, 2.45) is 17.8 Å². The van der Waals surface area contributed by atoms with E-state index in [0.29, 0.717) is 43.8 Å². The summed E-state index contributed by atoms with van der Waals surface area (Å²) in [5.41, 5.74) is 0. The maximum Gasteiger partial charge on any atom is 0.305 e. The highest BCUT2D eigenvalue weighted by atomic mass is 16.5. The largest absolute Gasteiger partial charge is 0.466 e. The van der Waals surface area contributed by atoms with E-state index >= 15 is 0 Å². The van der Waals surface area contributed by atoms with Gasteiger partial charge < -0.3 is 9.47 Å². The summed E-state index contributed by atoms with van der Waals surface area (Å²) >= 11 is 0. The first-order valence-electron chi connectivity index (χ1n) is 16.1. The van der Waals surface area contributed by atoms with Gasteiger partial charge in [-0.25, -0.2) is 0 Å². The molecule has 0 heterocycles. The smallest absolute Gasteiger partial charge is 0.305 e. The first-order chi connectivity index (χ1) is 17.8. The van der Waals surface area contributed by atoms with E-state index in [1.807, 2.05) is 0 Å². The normalized spacial score (nSPS) is 12.3. The van der Waals surface area contributed by atoms with Gasteiger partial charge in [-0.15, -0.1) is 0 Å². The molecule has 0 amide bonds. The standard InChI is InChI=1S/C33H64O4/c1-29(2)21-19-27-36-32(34)24-18-16-14-12-10-8-6-7-9-11-13-15-17-23-31(5)25-26-33(35)37-28-20-22-30(3)4/h29-31H,6-28H2,1-5H3. The van der Waals surface area contributed by atoms with Gasteiger partial charge in [-0.05, 0) is 56.3 Å². The van der Waals surface area contributed by atoms with E-state index in [4.69, 9.17) is 9.47 Å². The number of carbonyl (C=O) groups is 2. The van der Waals surface area contributed by atoms with Crippen LogP contribution in [-0.2, 0) is 19.1 Å². The van der Waals surface area contributed by atoms with Crippen LogP contribution in [0.1, 0.15) is 169 Å². The van der Waals surface area contributed by atoms with Gasteiger partial charge in [0, 0.05) is 12.8 Å². The molecule has 0 aliphatic carbocycles. The molecule has 0 radical (unpaired) electrons. The fourth-order valence-corrected chi connectivity index (χ4v) is 4.71. The minimum absolute atomic E-state index is 0.0110. The van der Waals surface area contributed by atoms with Gasteiger partial charge in [0.05, 0.1) is 13.2 Å². The average molecular weight is 525 g/mol. The molecule has 0 spiro atoms. The Kier molecular flexibility index (Phi) is 25.8. The summed E-state index contributed by atoms with van der Waals surface area (Å²) in [4.78, 5) is 23.5. The molecular formula is C33H64O4. The molecule has 0 N–H and O–H groups in total. The zero-order valence-corrected chi connectivity index (χ0v) is 25.6. The Labute approximate surface area is 231 Å². The van der Waals surface area contributed by atoms with Gasteiger partial charge >= 0.3 is 11.9 Å². The van der Waals surface area contributed by atoms with E-state index in [9.17, 15) is 9.59 Å². The Morgan fingerprint density at radius 3 is 1.24 bits per heavy atom. The fraction of sp³-hybridized carbons (Fsp3) is 0.939. The first-order valence-corrected chi connectivity index (χ1v) is 16.1. The van der Waals surface area contributed by atoms with Gasteiger partial charge in [0.2, 0.25) is 0 Å². The lowest BCUT2D eigenvalue weighted by atomic mass is 9.97. The quantitative estimate of drug-likeness (QED) is 0.0792. The molecule has 220 valence electrons. The predicted octanol–water partition coefficient (Wildman–Crippen LogP) is 10.2. The highest BCUT2D eigenvalue weighted by molar-refractivity contribution is 5.69. The number of hydrogen-bond donors (Lipinski definition) is 0. The second-order valence-electron chi connectivity index (χ2n) is 12.3. The zero-order valence-electron chi connectivity index (χ0n) is 25.6. The molecule has 1 atom stereocenters. The van der Waals surface area contributed by atoms with Crippen molar-refractivity contribution >= 4 is 11.9 Å². The van der Waals surface area contributed by atoms with E-state index in [1.54, 1.807) is 0 Å². The van der Waals surface area contributed by atoms with Crippen LogP contribution in [0.15, 0.2) is 0 Å². The van der Waals surface area contributed by atoms with Crippen molar-refractivity contribution in [2.45, 2.75) is 169 Å². The van der Waals surface area contributed by atoms with E-state index in [1.165, 1.54) is 77.0 Å². The van der Waals surface area contributed by atoms with Crippen LogP contribution in [0.2, 0.25) is 0 Å². The molecule has 0 aliphatic heterocycles. The van der Waals surface area contributed by atoms with Crippen LogP contribution >= 0.6 is 0 Å². The summed E-state index contributed by atoms with van der Waals surface area (Å²) < 4.78 is 10.6. The van der Waals surface area contributed by atoms with Crippen LogP contribution in [0, 0.1) is 17.8 Å². The van der Waals surface area contributed by atoms with Gasteiger partial charge in [-0.1, -0.05) is 118 Å². The van der Waals surface area contributed by atoms with E-state index < -0.39 is 0 Å². The van der Waals surface area contributed by atoms with Crippen molar-refractivity contribution in [2.75, 3.05) is 13.2 Å². The molecule has 0 rings (SSSR count). The molecule has 0 saturated heterocycles. The lowest BCUT2D eigenvalue weighted by Crippen LogP contribution is -2.08. The Hall–Kier alpha value is -1.06. The van der Waals surface area contributed by atoms with Crippen molar-refractivity contribution < 1.29 is 19.1 Å². The number of unbranched alkanes of at least 4 members (excludes halogenated alkanes) is 12. The second kappa shape index (κ2) is 26.5. The summed E-state index contributed by atoms with van der Waals surface area (Å²) in [5, 5.41) is 0. The van der Waals surface area contributed by atoms with Gasteiger partial charge in [0.15, 0.2) is 0 Å². The summed E-state index contributed by atoms with van der Waals surface area (Å²) in [7, 11) is 0. The Morgan fingerprint density at radius 1 is 0.432 bits per heavy atom. The lowest BCUT2D eigenvalue weighted by Gasteiger charge is -2.11. The third kappa shape index (κ3) is 29.4. The molecule has 4 heteroatoms. The third-order valence-electron chi connectivity index (χ3n) is 7.30. The zero-order chi connectivity index (χ0) is 27.6. The van der Waals surface area contributed by atoms with Crippen LogP contribution in [0.4, 0.5) is 0 Å². The number of carbonyl (C=O) groups excluding carboxylic acids is 2. The maximum atomic E-state index is 11.8. The van der Waals surface area contributed by atoms with E-state index in [2.05, 4.69) is 34.6 Å². The number of hydrogen-bond acceptors (Lipinski definition) is 4. The Bertz CT molecular complexity index is 514. The minimum atomic E-state index is -0.0135. The van der Waals surface area contributed by atoms with Crippen LogP contribution in [-0.4, -0.2) is 25.2 Å². The molecule has 37 heavy (non-hydrogen) atoms. The van der Waals surface area contributed by atoms with Crippen LogP contribution in [0.5, 0.6) is 0 Å². The molecule has 4 nitrogen and oxygen atoms in total. The lowest BCUT2D eigenvalue weighted by molar-refractivity contribution is -0.145. The number of ether oxygens (including phenoxy) is 2. The molecule has 0 fully saturated rings. The van der Waals surface area contributed by atoms with Crippen molar-refractivity contribution in [3.63, 3.8) is 0 Å². The Balaban J connectivity index is 3.29. The fourth-order valence-electron chi connectivity index (χ4n) is 4.71. The highest BCUT2D eigenvalue weighted by Crippen LogP contribution is 2.18. The summed E-state index contributed by atoms with van der Waals surface area (Å²) in [5.74, 6) is 1.96. The highest BCUT2D eigenvalue weighted by Gasteiger charge is 2.08. The minimum Gasteiger partial charge on any atom is -0.466 e. The van der Waals surface area contributed by atoms with Crippen molar-refractivity contribution in [1.29, 1.82) is 0 Å². The molecule has 0 bridgehead atoms. The SMILES string of the molecule is CC(C)CCCOC(=O)CCCCCCCCCCCCCCCC(C)CCC(=O)OCCCC(C)C. The summed E-state index contributed by atoms with van der Waals surface area (Å²) in [6, 6.07) is 0. The monoisotopic (exact) mass is 524 g/mol. The second-order valence-corrected chi connectivity index (χ2v) is 12.3. The van der Waals surface area contributed by atoms with Crippen LogP contribution in [0.3, 0.4) is 0 Å². The number of rotatable bonds is 27. The van der Waals surface area contributed by atoms with Gasteiger partial charge in [-0.3, -0.25) is 9.59 Å². The molecular weight excluding hydrogens is 460 g/mol. The number of esters is 2. The molecule has 1 unspecified atom stereocenters. The van der Waals surface area contributed by atoms with Gasteiger partial charge in [-0.2, -0.15) is 0 Å². The summed E-state index contributed by atoms with van der Waals surface area (Å²) in [6.45, 7) is 12.3. The van der Waals surface area contributed by atoms with E-state index in [-0.39, 0.29) is 11.9 Å². The van der Waals surface area contributed by atoms with Gasteiger partial charge in [0.25, 0.3) is 0 Å². The predicted molar refractivity (Wildman–Crippen MR) is 158 cm³/mol. The van der Waals surface area contributed by atoms with Crippen molar-refractivity contribution in [3.8, 4) is 0 Å². The Morgan fingerprint density at radius 2 is 0.811 bits per heavy atom. The summed E-state index contributed by atoms with van der Waals surface area (Å²) in [6.07, 6.45) is 24.4. The molecule has 0 aliphatic rings.